The van der Waals surface area contributed by atoms with Gasteiger partial charge in [-0.25, -0.2) is 0 Å². The number of nitrogens with one attached hydrogen (secondary N) is 2. The molecule has 1 aromatic heterocycles. The summed E-state index contributed by atoms with van der Waals surface area (Å²) in [6.45, 7) is 8.26. The molecule has 0 aliphatic carbocycles. The van der Waals surface area contributed by atoms with E-state index in [0.717, 1.165) is 50.2 Å². The van der Waals surface area contributed by atoms with E-state index in [9.17, 15) is 0 Å². The molecule has 37 heavy (non-hydrogen) atoms. The summed E-state index contributed by atoms with van der Waals surface area (Å²) in [5.41, 5.74) is 12.4. The quantitative estimate of drug-likeness (QED) is 0.182. The number of fused-ring (bicyclic) bond motifs is 3. The Morgan fingerprint density at radius 1 is 0.649 bits per heavy atom. The lowest BCUT2D eigenvalue weighted by Crippen LogP contribution is -2.41. The molecule has 0 unspecified atom stereocenters. The highest BCUT2D eigenvalue weighted by Gasteiger charge is 2.51. The van der Waals surface area contributed by atoms with E-state index in [0.29, 0.717) is 5.69 Å². The van der Waals surface area contributed by atoms with Gasteiger partial charge in [0.25, 0.3) is 0 Å². The molecule has 6 rings (SSSR count). The first-order valence-electron chi connectivity index (χ1n) is 12.5. The number of para-hydroxylation sites is 4. The SMILES string of the molecule is CC1(C)OB(c2ccc3oc4ccc(Nc5ccccc5Nc5ccccc5N)cc4c3c2)OC1(C)C. The smallest absolute Gasteiger partial charge is 0.456 e. The Morgan fingerprint density at radius 2 is 1.22 bits per heavy atom. The second kappa shape index (κ2) is 8.58. The fourth-order valence-corrected chi connectivity index (χ4v) is 4.61. The summed E-state index contributed by atoms with van der Waals surface area (Å²) in [4.78, 5) is 0. The van der Waals surface area contributed by atoms with Gasteiger partial charge in [-0.1, -0.05) is 36.4 Å². The van der Waals surface area contributed by atoms with Crippen molar-refractivity contribution in [3.63, 3.8) is 0 Å². The maximum atomic E-state index is 6.28. The topological polar surface area (TPSA) is 81.7 Å². The fourth-order valence-electron chi connectivity index (χ4n) is 4.61. The molecule has 0 atom stereocenters. The number of nitrogens with two attached hydrogens (primary N) is 1. The monoisotopic (exact) mass is 491 g/mol. The number of hydrogen-bond acceptors (Lipinski definition) is 6. The van der Waals surface area contributed by atoms with Crippen molar-refractivity contribution in [2.24, 2.45) is 0 Å². The van der Waals surface area contributed by atoms with E-state index in [4.69, 9.17) is 19.5 Å². The van der Waals surface area contributed by atoms with Gasteiger partial charge in [0.1, 0.15) is 11.2 Å². The summed E-state index contributed by atoms with van der Waals surface area (Å²) >= 11 is 0. The van der Waals surface area contributed by atoms with Gasteiger partial charge in [-0.05, 0) is 81.7 Å². The first-order valence-corrected chi connectivity index (χ1v) is 12.5. The summed E-state index contributed by atoms with van der Waals surface area (Å²) < 4.78 is 18.7. The summed E-state index contributed by atoms with van der Waals surface area (Å²) in [5.74, 6) is 0. The van der Waals surface area contributed by atoms with Crippen LogP contribution in [0.4, 0.5) is 28.4 Å². The molecular formula is C30H30BN3O3. The van der Waals surface area contributed by atoms with Crippen LogP contribution in [-0.2, 0) is 9.31 Å². The number of hydrogen-bond donors (Lipinski definition) is 3. The molecule has 1 aliphatic rings. The molecule has 0 amide bonds. The minimum Gasteiger partial charge on any atom is -0.456 e. The highest BCUT2D eigenvalue weighted by molar-refractivity contribution is 6.62. The van der Waals surface area contributed by atoms with Crippen LogP contribution >= 0.6 is 0 Å². The van der Waals surface area contributed by atoms with Gasteiger partial charge in [-0.2, -0.15) is 0 Å². The third kappa shape index (κ3) is 4.20. The van der Waals surface area contributed by atoms with Crippen molar-refractivity contribution in [3.8, 4) is 0 Å². The van der Waals surface area contributed by atoms with Gasteiger partial charge in [0.05, 0.1) is 34.0 Å². The average Bonchev–Trinajstić information content (AvgIpc) is 3.33. The molecule has 1 aliphatic heterocycles. The van der Waals surface area contributed by atoms with Crippen molar-refractivity contribution in [2.45, 2.75) is 38.9 Å². The Labute approximate surface area is 216 Å². The number of anilines is 5. The van der Waals surface area contributed by atoms with E-state index in [1.807, 2.05) is 72.8 Å². The Bertz CT molecular complexity index is 1610. The zero-order valence-corrected chi connectivity index (χ0v) is 21.5. The van der Waals surface area contributed by atoms with E-state index in [1.165, 1.54) is 0 Å². The van der Waals surface area contributed by atoms with Crippen LogP contribution in [0.25, 0.3) is 21.9 Å². The molecule has 1 fully saturated rings. The van der Waals surface area contributed by atoms with E-state index in [1.54, 1.807) is 0 Å². The lowest BCUT2D eigenvalue weighted by Gasteiger charge is -2.32. The molecule has 2 heterocycles. The van der Waals surface area contributed by atoms with Crippen LogP contribution in [0, 0.1) is 0 Å². The molecule has 186 valence electrons. The molecule has 0 saturated carbocycles. The zero-order valence-electron chi connectivity index (χ0n) is 21.5. The van der Waals surface area contributed by atoms with Crippen LogP contribution in [0.1, 0.15) is 27.7 Å². The average molecular weight is 491 g/mol. The second-order valence-corrected chi connectivity index (χ2v) is 10.5. The van der Waals surface area contributed by atoms with Gasteiger partial charge in [-0.15, -0.1) is 0 Å². The summed E-state index contributed by atoms with van der Waals surface area (Å²) in [7, 11) is -0.427. The molecule has 0 bridgehead atoms. The molecule has 7 heteroatoms. The maximum absolute atomic E-state index is 6.28. The van der Waals surface area contributed by atoms with Gasteiger partial charge in [0.15, 0.2) is 0 Å². The molecule has 5 aromatic rings. The predicted molar refractivity (Wildman–Crippen MR) is 153 cm³/mol. The van der Waals surface area contributed by atoms with Gasteiger partial charge in [0.2, 0.25) is 0 Å². The molecule has 6 nitrogen and oxygen atoms in total. The van der Waals surface area contributed by atoms with Crippen LogP contribution in [-0.4, -0.2) is 18.3 Å². The van der Waals surface area contributed by atoms with E-state index in [2.05, 4.69) is 50.5 Å². The lowest BCUT2D eigenvalue weighted by atomic mass is 9.78. The van der Waals surface area contributed by atoms with Crippen molar-refractivity contribution in [1.82, 2.24) is 0 Å². The third-order valence-corrected chi connectivity index (χ3v) is 7.45. The highest BCUT2D eigenvalue weighted by Crippen LogP contribution is 2.38. The Balaban J connectivity index is 1.33. The van der Waals surface area contributed by atoms with Crippen molar-refractivity contribution in [3.05, 3.63) is 84.9 Å². The number of furan rings is 1. The van der Waals surface area contributed by atoms with Crippen molar-refractivity contribution in [1.29, 1.82) is 0 Å². The Hall–Kier alpha value is -3.94. The predicted octanol–water partition coefficient (Wildman–Crippen LogP) is 6.95. The van der Waals surface area contributed by atoms with E-state index >= 15 is 0 Å². The summed E-state index contributed by atoms with van der Waals surface area (Å²) in [6, 6.07) is 28.1. The third-order valence-electron chi connectivity index (χ3n) is 7.45. The molecule has 0 spiro atoms. The molecule has 4 aromatic carbocycles. The van der Waals surface area contributed by atoms with Gasteiger partial charge >= 0.3 is 7.12 Å². The number of benzene rings is 4. The van der Waals surface area contributed by atoms with Crippen molar-refractivity contribution < 1.29 is 13.7 Å². The van der Waals surface area contributed by atoms with Crippen LogP contribution < -0.4 is 21.8 Å². The maximum Gasteiger partial charge on any atom is 0.494 e. The normalized spacial score (nSPS) is 16.4. The zero-order chi connectivity index (χ0) is 25.8. The van der Waals surface area contributed by atoms with Gasteiger partial charge < -0.3 is 30.1 Å². The van der Waals surface area contributed by atoms with E-state index < -0.39 is 18.3 Å². The van der Waals surface area contributed by atoms with E-state index in [-0.39, 0.29) is 0 Å². The minimum absolute atomic E-state index is 0.395. The largest absolute Gasteiger partial charge is 0.494 e. The first kappa shape index (κ1) is 23.5. The molecule has 1 saturated heterocycles. The Kier molecular flexibility index (Phi) is 5.44. The Morgan fingerprint density at radius 3 is 1.89 bits per heavy atom. The minimum atomic E-state index is -0.427. The number of rotatable bonds is 5. The second-order valence-electron chi connectivity index (χ2n) is 10.5. The van der Waals surface area contributed by atoms with Crippen LogP contribution in [0.2, 0.25) is 0 Å². The fraction of sp³-hybridized carbons (Fsp3) is 0.200. The van der Waals surface area contributed by atoms with Crippen molar-refractivity contribution in [2.75, 3.05) is 16.4 Å². The van der Waals surface area contributed by atoms with Crippen LogP contribution in [0.3, 0.4) is 0 Å². The standard InChI is InChI=1S/C30H30BN3O3/c1-29(2)30(3,4)37-31(36-29)19-13-15-27-21(17-19)22-18-20(14-16-28(22)35-27)33-25-11-7-8-12-26(25)34-24-10-6-5-9-23(24)32/h5-18,33-34H,32H2,1-4H3. The first-order chi connectivity index (χ1) is 17.7. The highest BCUT2D eigenvalue weighted by atomic mass is 16.7. The molecule has 0 radical (unpaired) electrons. The lowest BCUT2D eigenvalue weighted by molar-refractivity contribution is 0.00578. The van der Waals surface area contributed by atoms with Crippen LogP contribution in [0.15, 0.2) is 89.3 Å². The van der Waals surface area contributed by atoms with Crippen molar-refractivity contribution >= 4 is 63.0 Å². The summed E-state index contributed by atoms with van der Waals surface area (Å²) in [6.07, 6.45) is 0. The summed E-state index contributed by atoms with van der Waals surface area (Å²) in [5, 5.41) is 9.04. The van der Waals surface area contributed by atoms with Gasteiger partial charge in [-0.3, -0.25) is 0 Å². The van der Waals surface area contributed by atoms with Gasteiger partial charge in [0, 0.05) is 16.5 Å². The van der Waals surface area contributed by atoms with Crippen LogP contribution in [0.5, 0.6) is 0 Å². The number of nitrogen functional groups attached to an aromatic ring is 1. The molecular weight excluding hydrogens is 461 g/mol. The molecule has 4 N–H and O–H groups in total.